The van der Waals surface area contributed by atoms with E-state index in [1.165, 1.54) is 19.4 Å². The largest absolute Gasteiger partial charge is 0.382 e. The molecular weight excluding hydrogens is 366 g/mol. The second-order valence-electron chi connectivity index (χ2n) is 6.64. The number of amides is 1. The van der Waals surface area contributed by atoms with Gasteiger partial charge in [0, 0.05) is 44.4 Å². The van der Waals surface area contributed by atoms with Crippen molar-refractivity contribution in [2.75, 3.05) is 17.7 Å². The molecule has 1 aliphatic rings. The van der Waals surface area contributed by atoms with Gasteiger partial charge in [-0.3, -0.25) is 4.79 Å². The number of rotatable bonds is 5. The molecule has 0 aromatic carbocycles. The van der Waals surface area contributed by atoms with Gasteiger partial charge in [0.25, 0.3) is 5.91 Å². The Bertz CT molecular complexity index is 902. The van der Waals surface area contributed by atoms with Gasteiger partial charge in [0.05, 0.1) is 22.9 Å². The van der Waals surface area contributed by atoms with Crippen LogP contribution in [0.2, 0.25) is 0 Å². The molecule has 0 saturated heterocycles. The van der Waals surface area contributed by atoms with E-state index in [1.54, 1.807) is 18.2 Å². The average molecular weight is 386 g/mol. The summed E-state index contributed by atoms with van der Waals surface area (Å²) in [5.74, 6) is -2.10. The number of pyridine rings is 2. The predicted octanol–water partition coefficient (Wildman–Crippen LogP) is 3.44. The molecule has 3 rings (SSSR count). The first-order valence-electron chi connectivity index (χ1n) is 8.90. The number of aromatic nitrogens is 2. The Morgan fingerprint density at radius 2 is 1.96 bits per heavy atom. The normalized spacial score (nSPS) is 16.1. The Morgan fingerprint density at radius 1 is 1.25 bits per heavy atom. The highest BCUT2D eigenvalue weighted by Gasteiger charge is 2.35. The summed E-state index contributed by atoms with van der Waals surface area (Å²) in [6.45, 7) is 0. The molecule has 0 unspecified atom stereocenters. The average Bonchev–Trinajstić information content (AvgIpc) is 2.69. The minimum atomic E-state index is -2.62. The first kappa shape index (κ1) is 19.5. The van der Waals surface area contributed by atoms with Gasteiger partial charge in [-0.15, -0.1) is 0 Å². The minimum Gasteiger partial charge on any atom is -0.382 e. The van der Waals surface area contributed by atoms with Crippen LogP contribution in [0.5, 0.6) is 0 Å². The molecule has 9 heteroatoms. The summed E-state index contributed by atoms with van der Waals surface area (Å²) in [6, 6.07) is 6.67. The van der Waals surface area contributed by atoms with Crippen LogP contribution in [0.4, 0.5) is 26.1 Å². The van der Waals surface area contributed by atoms with Crippen LogP contribution in [0.1, 0.15) is 41.6 Å². The van der Waals surface area contributed by atoms with Crippen molar-refractivity contribution in [2.24, 2.45) is 0 Å². The van der Waals surface area contributed by atoms with Gasteiger partial charge in [0.15, 0.2) is 0 Å². The van der Waals surface area contributed by atoms with Gasteiger partial charge in [-0.1, -0.05) is 0 Å². The maximum Gasteiger partial charge on any atom is 0.254 e. The van der Waals surface area contributed by atoms with Crippen LogP contribution in [0, 0.1) is 11.3 Å². The second-order valence-corrected chi connectivity index (χ2v) is 6.64. The summed E-state index contributed by atoms with van der Waals surface area (Å²) >= 11 is 0. The molecule has 2 aromatic rings. The summed E-state index contributed by atoms with van der Waals surface area (Å²) in [5, 5.41) is 17.7. The number of nitrogens with zero attached hydrogens (tertiary/aromatic N) is 3. The molecule has 1 aliphatic carbocycles. The topological polar surface area (TPSA) is 103 Å². The zero-order chi connectivity index (χ0) is 20.1. The van der Waals surface area contributed by atoms with Crippen LogP contribution in [0.15, 0.2) is 30.6 Å². The van der Waals surface area contributed by atoms with Crippen molar-refractivity contribution in [3.05, 3.63) is 41.7 Å². The summed E-state index contributed by atoms with van der Waals surface area (Å²) in [4.78, 5) is 20.5. The summed E-state index contributed by atoms with van der Waals surface area (Å²) in [7, 11) is 1.51. The Hall–Kier alpha value is -3.28. The Labute approximate surface area is 161 Å². The van der Waals surface area contributed by atoms with Crippen LogP contribution in [-0.4, -0.2) is 34.9 Å². The highest BCUT2D eigenvalue weighted by atomic mass is 19.3. The number of carbonyl (C=O) groups is 1. The number of anilines is 3. The quantitative estimate of drug-likeness (QED) is 0.727. The molecule has 2 aromatic heterocycles. The Kier molecular flexibility index (Phi) is 5.68. The van der Waals surface area contributed by atoms with Crippen molar-refractivity contribution >= 4 is 23.2 Å². The van der Waals surface area contributed by atoms with Gasteiger partial charge in [0.1, 0.15) is 11.6 Å². The predicted molar refractivity (Wildman–Crippen MR) is 101 cm³/mol. The lowest BCUT2D eigenvalue weighted by Gasteiger charge is -2.30. The van der Waals surface area contributed by atoms with Gasteiger partial charge in [-0.25, -0.2) is 18.7 Å². The number of halogens is 2. The van der Waals surface area contributed by atoms with Crippen molar-refractivity contribution < 1.29 is 13.6 Å². The van der Waals surface area contributed by atoms with E-state index in [1.807, 2.05) is 6.07 Å². The molecule has 2 heterocycles. The van der Waals surface area contributed by atoms with E-state index in [0.717, 1.165) is 0 Å². The highest BCUT2D eigenvalue weighted by molar-refractivity contribution is 5.99. The molecular formula is C19H20F2N6O. The van der Waals surface area contributed by atoms with Crippen molar-refractivity contribution in [3.63, 3.8) is 0 Å². The van der Waals surface area contributed by atoms with E-state index in [4.69, 9.17) is 5.26 Å². The number of hydrogen-bond donors (Lipinski definition) is 3. The van der Waals surface area contributed by atoms with Crippen molar-refractivity contribution in [1.29, 1.82) is 5.26 Å². The fourth-order valence-electron chi connectivity index (χ4n) is 3.06. The lowest BCUT2D eigenvalue weighted by molar-refractivity contribution is -0.0361. The van der Waals surface area contributed by atoms with Gasteiger partial charge >= 0.3 is 0 Å². The van der Waals surface area contributed by atoms with Crippen LogP contribution in [0.25, 0.3) is 0 Å². The molecule has 7 nitrogen and oxygen atoms in total. The van der Waals surface area contributed by atoms with Crippen LogP contribution in [0.3, 0.4) is 0 Å². The summed E-state index contributed by atoms with van der Waals surface area (Å²) in [6.07, 6.45) is 3.19. The fourth-order valence-corrected chi connectivity index (χ4v) is 3.06. The lowest BCUT2D eigenvalue weighted by Crippen LogP contribution is -2.33. The molecule has 1 amide bonds. The molecule has 1 fully saturated rings. The third kappa shape index (κ3) is 4.71. The third-order valence-corrected chi connectivity index (χ3v) is 4.60. The first-order chi connectivity index (χ1) is 13.4. The summed E-state index contributed by atoms with van der Waals surface area (Å²) in [5.41, 5.74) is 1.27. The number of nitriles is 1. The zero-order valence-electron chi connectivity index (χ0n) is 15.3. The number of carbonyl (C=O) groups excluding carboxylic acids is 1. The first-order valence-corrected chi connectivity index (χ1v) is 8.90. The Balaban J connectivity index is 1.82. The number of alkyl halides is 2. The second kappa shape index (κ2) is 8.17. The van der Waals surface area contributed by atoms with Crippen molar-refractivity contribution in [2.45, 2.75) is 37.6 Å². The smallest absolute Gasteiger partial charge is 0.254 e. The molecule has 0 aliphatic heterocycles. The third-order valence-electron chi connectivity index (χ3n) is 4.60. The Morgan fingerprint density at radius 3 is 2.64 bits per heavy atom. The molecule has 1 saturated carbocycles. The van der Waals surface area contributed by atoms with Gasteiger partial charge < -0.3 is 16.0 Å². The van der Waals surface area contributed by atoms with Gasteiger partial charge in [0.2, 0.25) is 5.92 Å². The monoisotopic (exact) mass is 386 g/mol. The van der Waals surface area contributed by atoms with Gasteiger partial charge in [-0.2, -0.15) is 5.26 Å². The molecule has 3 N–H and O–H groups in total. The van der Waals surface area contributed by atoms with Crippen molar-refractivity contribution in [3.8, 4) is 6.07 Å². The van der Waals surface area contributed by atoms with E-state index < -0.39 is 5.92 Å². The maximum absolute atomic E-state index is 13.4. The number of nitrogens with one attached hydrogen (secondary N) is 3. The molecule has 0 radical (unpaired) electrons. The van der Waals surface area contributed by atoms with E-state index in [2.05, 4.69) is 25.9 Å². The molecule has 0 atom stereocenters. The summed E-state index contributed by atoms with van der Waals surface area (Å²) < 4.78 is 26.8. The van der Waals surface area contributed by atoms with Crippen LogP contribution >= 0.6 is 0 Å². The van der Waals surface area contributed by atoms with E-state index in [-0.39, 0.29) is 24.8 Å². The molecule has 0 spiro atoms. The molecule has 0 bridgehead atoms. The fraction of sp³-hybridized carbons (Fsp3) is 0.368. The molecule has 146 valence electrons. The minimum absolute atomic E-state index is 0.154. The van der Waals surface area contributed by atoms with E-state index >= 15 is 0 Å². The number of hydrogen-bond acceptors (Lipinski definition) is 6. The maximum atomic E-state index is 13.4. The highest BCUT2D eigenvalue weighted by Crippen LogP contribution is 2.35. The SMILES string of the molecule is CNC(=O)c1cnc(Nc2cc(C#N)ccn2)cc1NC1CCC(F)(F)CC1. The molecule has 28 heavy (non-hydrogen) atoms. The standard InChI is InChI=1S/C19H20F2N6O/c1-23-18(28)14-11-25-17(27-16-8-12(10-22)4-7-24-16)9-15(14)26-13-2-5-19(20,21)6-3-13/h4,7-9,11,13H,2-3,5-6H2,1H3,(H,23,28)(H2,24,25,26,27). The van der Waals surface area contributed by atoms with Crippen LogP contribution < -0.4 is 16.0 Å². The van der Waals surface area contributed by atoms with Gasteiger partial charge in [-0.05, 0) is 25.0 Å². The zero-order valence-corrected chi connectivity index (χ0v) is 15.3. The van der Waals surface area contributed by atoms with Crippen molar-refractivity contribution in [1.82, 2.24) is 15.3 Å². The van der Waals surface area contributed by atoms with Crippen LogP contribution in [-0.2, 0) is 0 Å². The lowest BCUT2D eigenvalue weighted by atomic mass is 9.92. The van der Waals surface area contributed by atoms with E-state index in [0.29, 0.717) is 41.3 Å². The van der Waals surface area contributed by atoms with E-state index in [9.17, 15) is 13.6 Å².